The van der Waals surface area contributed by atoms with E-state index in [2.05, 4.69) is 20.0 Å². The number of benzene rings is 1. The summed E-state index contributed by atoms with van der Waals surface area (Å²) in [7, 11) is 3.50. The minimum Gasteiger partial charge on any atom is -0.503 e. The van der Waals surface area contributed by atoms with Gasteiger partial charge in [-0.15, -0.1) is 0 Å². The van der Waals surface area contributed by atoms with Crippen molar-refractivity contribution in [2.75, 3.05) is 38.1 Å². The Labute approximate surface area is 167 Å². The third-order valence-corrected chi connectivity index (χ3v) is 5.09. The van der Waals surface area contributed by atoms with Crippen LogP contribution in [0.15, 0.2) is 12.3 Å². The van der Waals surface area contributed by atoms with Crippen molar-refractivity contribution in [2.45, 2.75) is 6.18 Å². The highest BCUT2D eigenvalue weighted by atomic mass is 19.4. The van der Waals surface area contributed by atoms with Crippen LogP contribution in [-0.2, 0) is 13.2 Å². The molecule has 1 aliphatic heterocycles. The van der Waals surface area contributed by atoms with Crippen LogP contribution in [0.25, 0.3) is 22.3 Å². The number of alkyl halides is 3. The largest absolute Gasteiger partial charge is 0.503 e. The van der Waals surface area contributed by atoms with Crippen molar-refractivity contribution in [1.29, 1.82) is 0 Å². The second-order valence-corrected chi connectivity index (χ2v) is 7.12. The van der Waals surface area contributed by atoms with Crippen LogP contribution in [0.1, 0.15) is 5.56 Å². The van der Waals surface area contributed by atoms with Gasteiger partial charge in [-0.05, 0) is 13.1 Å². The summed E-state index contributed by atoms with van der Waals surface area (Å²) in [5.74, 6) is -4.90. The van der Waals surface area contributed by atoms with Crippen LogP contribution in [0.2, 0.25) is 0 Å². The van der Waals surface area contributed by atoms with Gasteiger partial charge < -0.3 is 14.9 Å². The van der Waals surface area contributed by atoms with Crippen molar-refractivity contribution in [2.24, 2.45) is 7.05 Å². The molecule has 0 aliphatic carbocycles. The normalized spacial score (nSPS) is 15.9. The number of aryl methyl sites for hydroxylation is 1. The highest BCUT2D eigenvalue weighted by Gasteiger charge is 2.38. The molecule has 2 aromatic heterocycles. The lowest BCUT2D eigenvalue weighted by Crippen LogP contribution is -2.45. The number of phenolic OH excluding ortho intramolecular Hbond substituents is 1. The van der Waals surface area contributed by atoms with Crippen LogP contribution in [0.5, 0.6) is 5.75 Å². The summed E-state index contributed by atoms with van der Waals surface area (Å²) in [6.45, 7) is 3.03. The number of aromatic nitrogens is 4. The molecule has 1 aromatic carbocycles. The molecule has 1 N–H and O–H groups in total. The minimum atomic E-state index is -5.13. The molecule has 0 radical (unpaired) electrons. The Bertz CT molecular complexity index is 1120. The number of rotatable bonds is 2. The quantitative estimate of drug-likeness (QED) is 0.633. The van der Waals surface area contributed by atoms with Gasteiger partial charge in [0.15, 0.2) is 23.0 Å². The number of likely N-dealkylation sites (N-methyl/N-ethyl adjacent to an activating group) is 1. The standard InChI is InChI=1S/C18H17F5N6O/c1-27-3-5-29(6-4-27)17-24-8-10-14(26-28(2)16(10)25-17)9-7-11(18(21,22)23)13(20)15(30)12(9)19/h7-8,30H,3-6H2,1-2H3. The van der Waals surface area contributed by atoms with Crippen molar-refractivity contribution in [3.8, 4) is 17.0 Å². The summed E-state index contributed by atoms with van der Waals surface area (Å²) in [5.41, 5.74) is -2.44. The van der Waals surface area contributed by atoms with E-state index in [1.807, 2.05) is 11.9 Å². The molecule has 0 atom stereocenters. The number of phenols is 1. The molecule has 7 nitrogen and oxygen atoms in total. The van der Waals surface area contributed by atoms with E-state index in [0.717, 1.165) is 13.1 Å². The first kappa shape index (κ1) is 20.3. The smallest absolute Gasteiger partial charge is 0.419 e. The molecular weight excluding hydrogens is 411 g/mol. The van der Waals surface area contributed by atoms with Gasteiger partial charge in [0.05, 0.1) is 10.9 Å². The molecule has 0 spiro atoms. The van der Waals surface area contributed by atoms with Crippen molar-refractivity contribution >= 4 is 17.0 Å². The van der Waals surface area contributed by atoms with Crippen LogP contribution < -0.4 is 4.90 Å². The molecule has 30 heavy (non-hydrogen) atoms. The first-order chi connectivity index (χ1) is 14.1. The zero-order chi connectivity index (χ0) is 21.8. The molecule has 0 amide bonds. The molecular formula is C18H17F5N6O. The van der Waals surface area contributed by atoms with E-state index in [4.69, 9.17) is 0 Å². The number of nitrogens with zero attached hydrogens (tertiary/aromatic N) is 6. The van der Waals surface area contributed by atoms with Gasteiger partial charge in [0, 0.05) is 45.0 Å². The fourth-order valence-corrected chi connectivity index (χ4v) is 3.39. The Morgan fingerprint density at radius 1 is 1.03 bits per heavy atom. The molecule has 3 heterocycles. The van der Waals surface area contributed by atoms with Gasteiger partial charge >= 0.3 is 6.18 Å². The average Bonchev–Trinajstić information content (AvgIpc) is 3.02. The Morgan fingerprint density at radius 3 is 2.33 bits per heavy atom. The van der Waals surface area contributed by atoms with Crippen LogP contribution in [0.4, 0.5) is 27.9 Å². The SMILES string of the molecule is CN1CCN(c2ncc3c(-c4cc(C(F)(F)F)c(F)c(O)c4F)nn(C)c3n2)CC1. The lowest BCUT2D eigenvalue weighted by molar-refractivity contribution is -0.140. The van der Waals surface area contributed by atoms with Crippen LogP contribution >= 0.6 is 0 Å². The first-order valence-corrected chi connectivity index (χ1v) is 8.99. The summed E-state index contributed by atoms with van der Waals surface area (Å²) in [4.78, 5) is 12.8. The Balaban J connectivity index is 1.84. The number of piperazine rings is 1. The second-order valence-electron chi connectivity index (χ2n) is 7.12. The highest BCUT2D eigenvalue weighted by molar-refractivity contribution is 5.91. The summed E-state index contributed by atoms with van der Waals surface area (Å²) in [6, 6.07) is 0.292. The van der Waals surface area contributed by atoms with Gasteiger partial charge in [0.2, 0.25) is 5.95 Å². The molecule has 4 rings (SSSR count). The first-order valence-electron chi connectivity index (χ1n) is 8.99. The van der Waals surface area contributed by atoms with E-state index >= 15 is 0 Å². The van der Waals surface area contributed by atoms with Gasteiger partial charge in [-0.3, -0.25) is 0 Å². The summed E-state index contributed by atoms with van der Waals surface area (Å²) in [5, 5.41) is 13.8. The number of hydrogen-bond acceptors (Lipinski definition) is 6. The summed E-state index contributed by atoms with van der Waals surface area (Å²) < 4.78 is 69.0. The van der Waals surface area contributed by atoms with Crippen molar-refractivity contribution in [3.05, 3.63) is 29.5 Å². The maximum Gasteiger partial charge on any atom is 0.419 e. The molecule has 1 saturated heterocycles. The molecule has 1 aliphatic rings. The second kappa shape index (κ2) is 7.04. The fourth-order valence-electron chi connectivity index (χ4n) is 3.39. The maximum atomic E-state index is 14.5. The number of halogens is 5. The monoisotopic (exact) mass is 428 g/mol. The van der Waals surface area contributed by atoms with Crippen molar-refractivity contribution < 1.29 is 27.1 Å². The van der Waals surface area contributed by atoms with Gasteiger partial charge in [-0.25, -0.2) is 18.4 Å². The molecule has 160 valence electrons. The van der Waals surface area contributed by atoms with Crippen LogP contribution in [-0.4, -0.2) is 63.0 Å². The molecule has 12 heteroatoms. The van der Waals surface area contributed by atoms with Crippen molar-refractivity contribution in [3.63, 3.8) is 0 Å². The highest BCUT2D eigenvalue weighted by Crippen LogP contribution is 2.41. The average molecular weight is 428 g/mol. The molecule has 3 aromatic rings. The predicted molar refractivity (Wildman–Crippen MR) is 98.0 cm³/mol. The molecule has 1 fully saturated rings. The fraction of sp³-hybridized carbons (Fsp3) is 0.389. The Kier molecular flexibility index (Phi) is 4.76. The molecule has 0 saturated carbocycles. The molecule has 0 bridgehead atoms. The minimum absolute atomic E-state index is 0.174. The van der Waals surface area contributed by atoms with Crippen molar-refractivity contribution in [1.82, 2.24) is 24.6 Å². The maximum absolute atomic E-state index is 14.5. The number of anilines is 1. The zero-order valence-corrected chi connectivity index (χ0v) is 16.0. The summed E-state index contributed by atoms with van der Waals surface area (Å²) >= 11 is 0. The lowest BCUT2D eigenvalue weighted by Gasteiger charge is -2.32. The topological polar surface area (TPSA) is 70.3 Å². The third-order valence-electron chi connectivity index (χ3n) is 5.09. The van der Waals surface area contributed by atoms with E-state index in [1.165, 1.54) is 17.9 Å². The van der Waals surface area contributed by atoms with E-state index < -0.39 is 34.7 Å². The van der Waals surface area contributed by atoms with Gasteiger partial charge in [0.1, 0.15) is 5.69 Å². The van der Waals surface area contributed by atoms with E-state index in [9.17, 15) is 27.1 Å². The molecule has 0 unspecified atom stereocenters. The van der Waals surface area contributed by atoms with Gasteiger partial charge in [0.25, 0.3) is 0 Å². The third kappa shape index (κ3) is 3.30. The lowest BCUT2D eigenvalue weighted by atomic mass is 10.0. The number of aromatic hydroxyl groups is 1. The van der Waals surface area contributed by atoms with Gasteiger partial charge in [-0.2, -0.15) is 23.3 Å². The number of hydrogen-bond donors (Lipinski definition) is 1. The Morgan fingerprint density at radius 2 is 1.70 bits per heavy atom. The van der Waals surface area contributed by atoms with Crippen LogP contribution in [0, 0.1) is 11.6 Å². The van der Waals surface area contributed by atoms with E-state index in [0.29, 0.717) is 25.1 Å². The van der Waals surface area contributed by atoms with Gasteiger partial charge in [-0.1, -0.05) is 0 Å². The predicted octanol–water partition coefficient (Wildman–Crippen LogP) is 2.78. The number of fused-ring (bicyclic) bond motifs is 1. The van der Waals surface area contributed by atoms with Crippen LogP contribution in [0.3, 0.4) is 0 Å². The van der Waals surface area contributed by atoms with E-state index in [1.54, 1.807) is 0 Å². The zero-order valence-electron chi connectivity index (χ0n) is 16.0. The van der Waals surface area contributed by atoms with E-state index in [-0.39, 0.29) is 16.7 Å². The summed E-state index contributed by atoms with van der Waals surface area (Å²) in [6.07, 6.45) is -3.79. The Hall–Kier alpha value is -3.02.